The third-order valence-corrected chi connectivity index (χ3v) is 5.38. The monoisotopic (exact) mass is 499 g/mol. The maximum atomic E-state index is 12.6. The summed E-state index contributed by atoms with van der Waals surface area (Å²) in [4.78, 5) is 23.0. The molecule has 36 heavy (non-hydrogen) atoms. The number of hydrogen-bond donors (Lipinski definition) is 1. The van der Waals surface area contributed by atoms with E-state index in [1.165, 1.54) is 24.3 Å². The molecule has 8 nitrogen and oxygen atoms in total. The number of nitro groups is 1. The fourth-order valence-electron chi connectivity index (χ4n) is 3.26. The Morgan fingerprint density at radius 3 is 2.50 bits per heavy atom. The Morgan fingerprint density at radius 2 is 1.83 bits per heavy atom. The van der Waals surface area contributed by atoms with Crippen molar-refractivity contribution < 1.29 is 18.9 Å². The van der Waals surface area contributed by atoms with Gasteiger partial charge in [-0.25, -0.2) is 0 Å². The summed E-state index contributed by atoms with van der Waals surface area (Å²) in [6.07, 6.45) is 1.30. The molecule has 0 bridgehead atoms. The molecule has 4 aromatic rings. The minimum absolute atomic E-state index is 0.142. The molecule has 3 aromatic carbocycles. The standard InChI is InChI=1S/C27H18ClN3O5/c28-25-15-21(31(33)34)8-12-24(25)26-13-11-23(36-26)14-19(16-29)27(32)30-20-6-9-22(10-7-20)35-17-18-4-2-1-3-5-18/h1-15H,17H2,(H,30,32)/b19-14+. The van der Waals surface area contributed by atoms with E-state index >= 15 is 0 Å². The molecular weight excluding hydrogens is 482 g/mol. The highest BCUT2D eigenvalue weighted by molar-refractivity contribution is 6.33. The van der Waals surface area contributed by atoms with Crippen molar-refractivity contribution in [1.29, 1.82) is 5.26 Å². The molecule has 0 fully saturated rings. The van der Waals surface area contributed by atoms with Gasteiger partial charge in [0.15, 0.2) is 0 Å². The summed E-state index contributed by atoms with van der Waals surface area (Å²) in [5.41, 5.74) is 1.66. The maximum absolute atomic E-state index is 12.6. The summed E-state index contributed by atoms with van der Waals surface area (Å²) in [6.45, 7) is 0.421. The van der Waals surface area contributed by atoms with Crippen molar-refractivity contribution in [3.05, 3.63) is 117 Å². The van der Waals surface area contributed by atoms with Crippen LogP contribution in [0.1, 0.15) is 11.3 Å². The molecule has 178 valence electrons. The van der Waals surface area contributed by atoms with Crippen LogP contribution in [0.5, 0.6) is 5.75 Å². The number of rotatable bonds is 8. The molecule has 0 spiro atoms. The molecule has 4 rings (SSSR count). The van der Waals surface area contributed by atoms with E-state index in [1.54, 1.807) is 36.4 Å². The Morgan fingerprint density at radius 1 is 1.08 bits per heavy atom. The normalized spacial score (nSPS) is 10.9. The van der Waals surface area contributed by atoms with Crippen molar-refractivity contribution >= 4 is 35.0 Å². The average molecular weight is 500 g/mol. The van der Waals surface area contributed by atoms with Gasteiger partial charge in [-0.05, 0) is 48.0 Å². The summed E-state index contributed by atoms with van der Waals surface area (Å²) >= 11 is 6.15. The Labute approximate surface area is 211 Å². The SMILES string of the molecule is N#C/C(=C\c1ccc(-c2ccc([N+](=O)[O-])cc2Cl)o1)C(=O)Nc1ccc(OCc2ccccc2)cc1. The van der Waals surface area contributed by atoms with E-state index in [0.29, 0.717) is 29.4 Å². The number of hydrogen-bond acceptors (Lipinski definition) is 6. The Hall–Kier alpha value is -4.87. The third-order valence-electron chi connectivity index (χ3n) is 5.07. The first-order valence-electron chi connectivity index (χ1n) is 10.7. The smallest absolute Gasteiger partial charge is 0.270 e. The highest BCUT2D eigenvalue weighted by atomic mass is 35.5. The van der Waals surface area contributed by atoms with Gasteiger partial charge in [0, 0.05) is 29.5 Å². The first kappa shape index (κ1) is 24.3. The molecule has 0 aliphatic rings. The summed E-state index contributed by atoms with van der Waals surface area (Å²) in [5.74, 6) is 0.614. The van der Waals surface area contributed by atoms with Gasteiger partial charge in [-0.1, -0.05) is 41.9 Å². The number of nitrogens with one attached hydrogen (secondary N) is 1. The van der Waals surface area contributed by atoms with Gasteiger partial charge >= 0.3 is 0 Å². The number of nitrogens with zero attached hydrogens (tertiary/aromatic N) is 2. The van der Waals surface area contributed by atoms with Gasteiger partial charge in [-0.15, -0.1) is 0 Å². The van der Waals surface area contributed by atoms with Gasteiger partial charge in [0.05, 0.1) is 9.95 Å². The Kier molecular flexibility index (Phi) is 7.44. The molecule has 0 radical (unpaired) electrons. The maximum Gasteiger partial charge on any atom is 0.270 e. The van der Waals surface area contributed by atoms with Crippen LogP contribution in [0, 0.1) is 21.4 Å². The second-order valence-corrected chi connectivity index (χ2v) is 7.95. The molecule has 0 saturated carbocycles. The zero-order chi connectivity index (χ0) is 25.5. The van der Waals surface area contributed by atoms with Gasteiger partial charge in [-0.2, -0.15) is 5.26 Å². The quantitative estimate of drug-likeness (QED) is 0.126. The Bertz CT molecular complexity index is 1470. The fraction of sp³-hybridized carbons (Fsp3) is 0.0370. The minimum atomic E-state index is -0.609. The van der Waals surface area contributed by atoms with Crippen molar-refractivity contribution in [3.63, 3.8) is 0 Å². The predicted octanol–water partition coefficient (Wildman–Crippen LogP) is 6.63. The lowest BCUT2D eigenvalue weighted by molar-refractivity contribution is -0.384. The summed E-state index contributed by atoms with van der Waals surface area (Å²) < 4.78 is 11.4. The number of carbonyl (C=O) groups is 1. The van der Waals surface area contributed by atoms with Crippen LogP contribution in [-0.4, -0.2) is 10.8 Å². The molecule has 1 amide bonds. The van der Waals surface area contributed by atoms with Crippen LogP contribution < -0.4 is 10.1 Å². The van der Waals surface area contributed by atoms with E-state index in [2.05, 4.69) is 5.32 Å². The third kappa shape index (κ3) is 5.97. The second-order valence-electron chi connectivity index (χ2n) is 7.55. The molecule has 0 aliphatic heterocycles. The molecular formula is C27H18ClN3O5. The molecule has 1 heterocycles. The first-order valence-corrected chi connectivity index (χ1v) is 11.0. The topological polar surface area (TPSA) is 118 Å². The minimum Gasteiger partial charge on any atom is -0.489 e. The van der Waals surface area contributed by atoms with Crippen molar-refractivity contribution in [3.8, 4) is 23.1 Å². The van der Waals surface area contributed by atoms with Crippen LogP contribution in [0.25, 0.3) is 17.4 Å². The van der Waals surface area contributed by atoms with E-state index in [1.807, 2.05) is 36.4 Å². The first-order chi connectivity index (χ1) is 17.4. The van der Waals surface area contributed by atoms with E-state index in [4.69, 9.17) is 20.8 Å². The number of halogens is 1. The van der Waals surface area contributed by atoms with Crippen LogP contribution in [0.4, 0.5) is 11.4 Å². The molecule has 0 atom stereocenters. The molecule has 0 saturated heterocycles. The van der Waals surface area contributed by atoms with Gasteiger partial charge in [0.25, 0.3) is 11.6 Å². The summed E-state index contributed by atoms with van der Waals surface area (Å²) in [7, 11) is 0. The van der Waals surface area contributed by atoms with Crippen LogP contribution in [0.15, 0.2) is 94.9 Å². The summed E-state index contributed by atoms with van der Waals surface area (Å²) in [6, 6.07) is 25.6. The van der Waals surface area contributed by atoms with E-state index < -0.39 is 10.8 Å². The number of carbonyl (C=O) groups excluding carboxylic acids is 1. The zero-order valence-corrected chi connectivity index (χ0v) is 19.4. The van der Waals surface area contributed by atoms with Crippen molar-refractivity contribution in [2.24, 2.45) is 0 Å². The lowest BCUT2D eigenvalue weighted by Crippen LogP contribution is -2.13. The molecule has 0 aliphatic carbocycles. The molecule has 1 N–H and O–H groups in total. The average Bonchev–Trinajstić information content (AvgIpc) is 3.35. The number of ether oxygens (including phenoxy) is 1. The van der Waals surface area contributed by atoms with Crippen molar-refractivity contribution in [2.45, 2.75) is 6.61 Å². The number of furan rings is 1. The number of nitriles is 1. The summed E-state index contributed by atoms with van der Waals surface area (Å²) in [5, 5.41) is 23.2. The van der Waals surface area contributed by atoms with Crippen molar-refractivity contribution in [2.75, 3.05) is 5.32 Å². The number of non-ortho nitro benzene ring substituents is 1. The number of amides is 1. The number of benzene rings is 3. The van der Waals surface area contributed by atoms with Gasteiger partial charge in [0.2, 0.25) is 0 Å². The lowest BCUT2D eigenvalue weighted by atomic mass is 10.1. The number of anilines is 1. The second kappa shape index (κ2) is 11.0. The van der Waals surface area contributed by atoms with Gasteiger partial charge in [-0.3, -0.25) is 14.9 Å². The zero-order valence-electron chi connectivity index (χ0n) is 18.7. The molecule has 9 heteroatoms. The molecule has 1 aromatic heterocycles. The van der Waals surface area contributed by atoms with Crippen LogP contribution in [-0.2, 0) is 11.4 Å². The largest absolute Gasteiger partial charge is 0.489 e. The Balaban J connectivity index is 1.41. The van der Waals surface area contributed by atoms with E-state index in [-0.39, 0.29) is 22.0 Å². The lowest BCUT2D eigenvalue weighted by Gasteiger charge is -2.08. The highest BCUT2D eigenvalue weighted by Crippen LogP contribution is 2.32. The fourth-order valence-corrected chi connectivity index (χ4v) is 3.53. The van der Waals surface area contributed by atoms with Gasteiger partial charge < -0.3 is 14.5 Å². The van der Waals surface area contributed by atoms with Crippen molar-refractivity contribution in [1.82, 2.24) is 0 Å². The number of nitro benzene ring substituents is 1. The highest BCUT2D eigenvalue weighted by Gasteiger charge is 2.15. The van der Waals surface area contributed by atoms with Crippen LogP contribution in [0.3, 0.4) is 0 Å². The van der Waals surface area contributed by atoms with Crippen LogP contribution >= 0.6 is 11.6 Å². The predicted molar refractivity (Wildman–Crippen MR) is 135 cm³/mol. The van der Waals surface area contributed by atoms with E-state index in [9.17, 15) is 20.2 Å². The molecule has 0 unspecified atom stereocenters. The van der Waals surface area contributed by atoms with Crippen LogP contribution in [0.2, 0.25) is 5.02 Å². The van der Waals surface area contributed by atoms with Gasteiger partial charge in [0.1, 0.15) is 35.5 Å². The van der Waals surface area contributed by atoms with E-state index in [0.717, 1.165) is 5.56 Å².